The molecule has 1 aromatic heterocycles. The number of benzene rings is 2. The average Bonchev–Trinajstić information content (AvgIpc) is 3.30. The maximum Gasteiger partial charge on any atom is 0.262 e. The molecule has 6 nitrogen and oxygen atoms in total. The highest BCUT2D eigenvalue weighted by molar-refractivity contribution is 7.89. The highest BCUT2D eigenvalue weighted by Crippen LogP contribution is 2.33. The molecule has 1 aliphatic heterocycles. The third-order valence-electron chi connectivity index (χ3n) is 4.98. The molecule has 2 atom stereocenters. The van der Waals surface area contributed by atoms with Crippen LogP contribution in [0, 0.1) is 0 Å². The molecule has 1 N–H and O–H groups in total. The highest BCUT2D eigenvalue weighted by Gasteiger charge is 2.40. The van der Waals surface area contributed by atoms with Gasteiger partial charge in [0.05, 0.1) is 6.33 Å². The van der Waals surface area contributed by atoms with Gasteiger partial charge in [0.25, 0.3) is 10.0 Å². The summed E-state index contributed by atoms with van der Waals surface area (Å²) in [5.74, 6) is 0.0127. The van der Waals surface area contributed by atoms with Crippen LogP contribution < -0.4 is 5.32 Å². The first-order valence-electron chi connectivity index (χ1n) is 8.98. The molecule has 0 unspecified atom stereocenters. The van der Waals surface area contributed by atoms with Gasteiger partial charge in [0, 0.05) is 49.0 Å². The van der Waals surface area contributed by atoms with E-state index in [-0.39, 0.29) is 17.0 Å². The molecule has 2 heterocycles. The van der Waals surface area contributed by atoms with Crippen molar-refractivity contribution in [2.24, 2.45) is 7.05 Å². The fourth-order valence-corrected chi connectivity index (χ4v) is 5.24. The third kappa shape index (κ3) is 3.78. The topological polar surface area (TPSA) is 67.2 Å². The normalized spacial score (nSPS) is 20.4. The van der Waals surface area contributed by atoms with Crippen molar-refractivity contribution in [2.45, 2.75) is 17.0 Å². The van der Waals surface area contributed by atoms with Crippen LogP contribution in [-0.4, -0.2) is 41.4 Å². The minimum atomic E-state index is -3.66. The Hall–Kier alpha value is -2.35. The zero-order valence-electron chi connectivity index (χ0n) is 15.4. The Kier molecular flexibility index (Phi) is 5.14. The number of rotatable bonds is 5. The zero-order valence-corrected chi connectivity index (χ0v) is 16.9. The summed E-state index contributed by atoms with van der Waals surface area (Å²) in [6.45, 7) is 0.742. The largest absolute Gasteiger partial charge is 0.380 e. The van der Waals surface area contributed by atoms with Crippen LogP contribution in [0.25, 0.3) is 0 Å². The van der Waals surface area contributed by atoms with E-state index in [4.69, 9.17) is 11.6 Å². The van der Waals surface area contributed by atoms with Gasteiger partial charge in [-0.15, -0.1) is 0 Å². The number of anilines is 1. The van der Waals surface area contributed by atoms with E-state index < -0.39 is 10.0 Å². The quantitative estimate of drug-likeness (QED) is 0.692. The molecule has 2 aromatic carbocycles. The predicted octanol–water partition coefficient (Wildman–Crippen LogP) is 3.34. The second-order valence-corrected chi connectivity index (χ2v) is 9.30. The Morgan fingerprint density at radius 3 is 2.57 bits per heavy atom. The van der Waals surface area contributed by atoms with Crippen molar-refractivity contribution >= 4 is 27.3 Å². The molecule has 1 fully saturated rings. The molecular formula is C20H21ClN4O2S. The number of nitrogens with zero attached hydrogens (tertiary/aromatic N) is 3. The lowest BCUT2D eigenvalue weighted by molar-refractivity contribution is 0.468. The summed E-state index contributed by atoms with van der Waals surface area (Å²) in [6, 6.07) is 17.4. The van der Waals surface area contributed by atoms with E-state index in [1.54, 1.807) is 11.6 Å². The van der Waals surface area contributed by atoms with Crippen LogP contribution in [0.1, 0.15) is 11.5 Å². The maximum atomic E-state index is 13.1. The standard InChI is InChI=1S/C20H21ClN4O2S/c1-24-13-20(22-14-24)28(26,27)25-11-18(15-6-3-2-4-7-15)19(12-25)23-17-9-5-8-16(21)10-17/h2-10,13-14,18-19,23H,11-12H2,1H3/t18-,19+/m1/s1. The van der Waals surface area contributed by atoms with Gasteiger partial charge in [-0.25, -0.2) is 13.4 Å². The molecule has 8 heteroatoms. The molecule has 0 spiro atoms. The molecule has 28 heavy (non-hydrogen) atoms. The Labute approximate surface area is 169 Å². The van der Waals surface area contributed by atoms with Crippen molar-refractivity contribution < 1.29 is 8.42 Å². The Morgan fingerprint density at radius 2 is 1.89 bits per heavy atom. The molecular weight excluding hydrogens is 396 g/mol. The van der Waals surface area contributed by atoms with Gasteiger partial charge in [0.15, 0.2) is 5.03 Å². The minimum Gasteiger partial charge on any atom is -0.380 e. The molecule has 4 rings (SSSR count). The van der Waals surface area contributed by atoms with Gasteiger partial charge in [-0.3, -0.25) is 0 Å². The van der Waals surface area contributed by atoms with E-state index in [2.05, 4.69) is 10.3 Å². The fourth-order valence-electron chi connectivity index (χ4n) is 3.59. The molecule has 1 saturated heterocycles. The van der Waals surface area contributed by atoms with Gasteiger partial charge < -0.3 is 9.88 Å². The summed E-state index contributed by atoms with van der Waals surface area (Å²) in [4.78, 5) is 4.05. The highest BCUT2D eigenvalue weighted by atomic mass is 35.5. The van der Waals surface area contributed by atoms with Crippen LogP contribution in [0.5, 0.6) is 0 Å². The van der Waals surface area contributed by atoms with Crippen molar-refractivity contribution in [3.05, 3.63) is 77.7 Å². The van der Waals surface area contributed by atoms with Gasteiger partial charge in [0.1, 0.15) is 0 Å². The van der Waals surface area contributed by atoms with E-state index in [9.17, 15) is 8.42 Å². The predicted molar refractivity (Wildman–Crippen MR) is 110 cm³/mol. The van der Waals surface area contributed by atoms with Gasteiger partial charge in [-0.2, -0.15) is 4.31 Å². The van der Waals surface area contributed by atoms with Crippen LogP contribution in [0.4, 0.5) is 5.69 Å². The Balaban J connectivity index is 1.65. The summed E-state index contributed by atoms with van der Waals surface area (Å²) >= 11 is 6.11. The number of hydrogen-bond donors (Lipinski definition) is 1. The molecule has 146 valence electrons. The molecule has 0 aliphatic carbocycles. The van der Waals surface area contributed by atoms with Crippen LogP contribution in [0.3, 0.4) is 0 Å². The van der Waals surface area contributed by atoms with Crippen LogP contribution >= 0.6 is 11.6 Å². The summed E-state index contributed by atoms with van der Waals surface area (Å²) < 4.78 is 29.3. The van der Waals surface area contributed by atoms with Gasteiger partial charge in [0.2, 0.25) is 0 Å². The van der Waals surface area contributed by atoms with E-state index in [1.165, 1.54) is 16.8 Å². The first-order valence-corrected chi connectivity index (χ1v) is 10.8. The lowest BCUT2D eigenvalue weighted by Gasteiger charge is -2.21. The Bertz CT molecular complexity index is 1070. The minimum absolute atomic E-state index is 0.0127. The number of sulfonamides is 1. The SMILES string of the molecule is Cn1cnc(S(=O)(=O)N2C[C@H](Nc3cccc(Cl)c3)[C@@H](c3ccccc3)C2)c1. The zero-order chi connectivity index (χ0) is 19.7. The van der Waals surface area contributed by atoms with Gasteiger partial charge in [-0.1, -0.05) is 48.0 Å². The second kappa shape index (κ2) is 7.58. The second-order valence-electron chi connectivity index (χ2n) is 6.98. The number of hydrogen-bond acceptors (Lipinski definition) is 4. The molecule has 0 radical (unpaired) electrons. The van der Waals surface area contributed by atoms with Crippen LogP contribution in [0.15, 0.2) is 72.1 Å². The summed E-state index contributed by atoms with van der Waals surface area (Å²) in [6.07, 6.45) is 3.03. The van der Waals surface area contributed by atoms with Crippen molar-refractivity contribution in [3.63, 3.8) is 0 Å². The van der Waals surface area contributed by atoms with E-state index in [1.807, 2.05) is 54.6 Å². The summed E-state index contributed by atoms with van der Waals surface area (Å²) in [7, 11) is -1.90. The molecule has 0 saturated carbocycles. The lowest BCUT2D eigenvalue weighted by Crippen LogP contribution is -2.32. The van der Waals surface area contributed by atoms with E-state index in [0.717, 1.165) is 11.3 Å². The van der Waals surface area contributed by atoms with Crippen LogP contribution in [0.2, 0.25) is 5.02 Å². The molecule has 0 amide bonds. The Morgan fingerprint density at radius 1 is 1.11 bits per heavy atom. The monoisotopic (exact) mass is 416 g/mol. The van der Waals surface area contributed by atoms with Gasteiger partial charge >= 0.3 is 0 Å². The first kappa shape index (κ1) is 19.0. The van der Waals surface area contributed by atoms with Crippen LogP contribution in [-0.2, 0) is 17.1 Å². The average molecular weight is 417 g/mol. The van der Waals surface area contributed by atoms with Crippen molar-refractivity contribution in [3.8, 4) is 0 Å². The lowest BCUT2D eigenvalue weighted by atomic mass is 9.94. The summed E-state index contributed by atoms with van der Waals surface area (Å²) in [5, 5.41) is 4.18. The first-order chi connectivity index (χ1) is 13.4. The molecule has 3 aromatic rings. The van der Waals surface area contributed by atoms with Crippen molar-refractivity contribution in [2.75, 3.05) is 18.4 Å². The number of imidazole rings is 1. The maximum absolute atomic E-state index is 13.1. The molecule has 0 bridgehead atoms. The number of nitrogens with one attached hydrogen (secondary N) is 1. The van der Waals surface area contributed by atoms with Gasteiger partial charge in [-0.05, 0) is 23.8 Å². The third-order valence-corrected chi connectivity index (χ3v) is 6.93. The molecule has 1 aliphatic rings. The van der Waals surface area contributed by atoms with Crippen molar-refractivity contribution in [1.82, 2.24) is 13.9 Å². The van der Waals surface area contributed by atoms with Crippen molar-refractivity contribution in [1.29, 1.82) is 0 Å². The fraction of sp³-hybridized carbons (Fsp3) is 0.250. The number of halogens is 1. The smallest absolute Gasteiger partial charge is 0.262 e. The summed E-state index contributed by atoms with van der Waals surface area (Å²) in [5.41, 5.74) is 1.97. The van der Waals surface area contributed by atoms with E-state index >= 15 is 0 Å². The number of aromatic nitrogens is 2. The number of aryl methyl sites for hydroxylation is 1. The van der Waals surface area contributed by atoms with E-state index in [0.29, 0.717) is 18.1 Å².